The molecule has 0 aliphatic rings. The van der Waals surface area contributed by atoms with Crippen molar-refractivity contribution in [2.75, 3.05) is 5.32 Å². The molecule has 1 aromatic carbocycles. The number of anilines is 1. The smallest absolute Gasteiger partial charge is 0.294 e. The van der Waals surface area contributed by atoms with Gasteiger partial charge in [-0.05, 0) is 18.2 Å². The van der Waals surface area contributed by atoms with E-state index in [4.69, 9.17) is 5.14 Å². The zero-order chi connectivity index (χ0) is 14.0. The average Bonchev–Trinajstić information content (AvgIpc) is 2.80. The summed E-state index contributed by atoms with van der Waals surface area (Å²) in [6, 6.07) is 3.99. The third kappa shape index (κ3) is 2.95. The predicted octanol–water partition coefficient (Wildman–Crippen LogP) is 0.713. The van der Waals surface area contributed by atoms with E-state index >= 15 is 0 Å². The fourth-order valence-corrected chi connectivity index (χ4v) is 2.04. The minimum Gasteiger partial charge on any atom is -0.351 e. The van der Waals surface area contributed by atoms with Gasteiger partial charge in [-0.2, -0.15) is 0 Å². The van der Waals surface area contributed by atoms with Crippen molar-refractivity contribution >= 4 is 21.6 Å². The molecule has 1 heterocycles. The quantitative estimate of drug-likeness (QED) is 0.861. The Balaban J connectivity index is 2.39. The van der Waals surface area contributed by atoms with Crippen LogP contribution in [0.4, 0.5) is 10.1 Å². The van der Waals surface area contributed by atoms with Crippen molar-refractivity contribution in [1.82, 2.24) is 5.16 Å². The van der Waals surface area contributed by atoms with Crippen molar-refractivity contribution in [2.24, 2.45) is 5.14 Å². The standard InChI is InChI=1S/C10H8FN3O4S/c11-6-1-2-9(19(12,16)17)7(5-6)14-10(15)8-3-4-13-18-8/h1-5H,(H,14,15)(H2,12,16,17). The van der Waals surface area contributed by atoms with Crippen LogP contribution in [0, 0.1) is 5.82 Å². The monoisotopic (exact) mass is 285 g/mol. The van der Waals surface area contributed by atoms with E-state index in [1.165, 1.54) is 12.3 Å². The van der Waals surface area contributed by atoms with E-state index in [9.17, 15) is 17.6 Å². The number of benzene rings is 1. The lowest BCUT2D eigenvalue weighted by molar-refractivity contribution is 0.0987. The lowest BCUT2D eigenvalue weighted by Crippen LogP contribution is -2.18. The molecule has 0 radical (unpaired) electrons. The SMILES string of the molecule is NS(=O)(=O)c1ccc(F)cc1NC(=O)c1ccno1. The van der Waals surface area contributed by atoms with Gasteiger partial charge in [0.05, 0.1) is 11.9 Å². The number of nitrogens with two attached hydrogens (primary N) is 1. The van der Waals surface area contributed by atoms with Gasteiger partial charge < -0.3 is 9.84 Å². The van der Waals surface area contributed by atoms with Crippen LogP contribution in [-0.4, -0.2) is 19.5 Å². The maximum atomic E-state index is 13.1. The Hall–Kier alpha value is -2.26. The number of halogens is 1. The molecule has 0 unspecified atom stereocenters. The average molecular weight is 285 g/mol. The van der Waals surface area contributed by atoms with Crippen molar-refractivity contribution < 1.29 is 22.1 Å². The number of carbonyl (C=O) groups excluding carboxylic acids is 1. The summed E-state index contributed by atoms with van der Waals surface area (Å²) in [5, 5.41) is 10.5. The van der Waals surface area contributed by atoms with Crippen LogP contribution in [0.2, 0.25) is 0 Å². The van der Waals surface area contributed by atoms with Crippen LogP contribution < -0.4 is 10.5 Å². The van der Waals surface area contributed by atoms with Gasteiger partial charge in [-0.1, -0.05) is 5.16 Å². The molecular formula is C10H8FN3O4S. The second-order valence-electron chi connectivity index (χ2n) is 3.52. The molecule has 3 N–H and O–H groups in total. The number of hydrogen-bond donors (Lipinski definition) is 2. The third-order valence-electron chi connectivity index (χ3n) is 2.16. The Kier molecular flexibility index (Phi) is 3.32. The molecule has 0 bridgehead atoms. The highest BCUT2D eigenvalue weighted by Crippen LogP contribution is 2.21. The first-order valence-corrected chi connectivity index (χ1v) is 6.47. The minimum absolute atomic E-state index is 0.148. The molecular weight excluding hydrogens is 277 g/mol. The first-order valence-electron chi connectivity index (χ1n) is 4.92. The molecule has 0 saturated heterocycles. The molecule has 1 amide bonds. The number of primary sulfonamides is 1. The zero-order valence-corrected chi connectivity index (χ0v) is 10.1. The first-order chi connectivity index (χ1) is 8.88. The highest BCUT2D eigenvalue weighted by Gasteiger charge is 2.18. The number of nitrogens with zero attached hydrogens (tertiary/aromatic N) is 1. The molecule has 7 nitrogen and oxygen atoms in total. The van der Waals surface area contributed by atoms with Gasteiger partial charge in [-0.15, -0.1) is 0 Å². The van der Waals surface area contributed by atoms with Crippen LogP contribution in [0.15, 0.2) is 39.9 Å². The van der Waals surface area contributed by atoms with Gasteiger partial charge in [0.1, 0.15) is 10.7 Å². The Morgan fingerprint density at radius 2 is 2.11 bits per heavy atom. The largest absolute Gasteiger partial charge is 0.351 e. The number of aromatic nitrogens is 1. The van der Waals surface area contributed by atoms with E-state index in [0.717, 1.165) is 18.2 Å². The summed E-state index contributed by atoms with van der Waals surface area (Å²) in [6.07, 6.45) is 1.24. The first kappa shape index (κ1) is 13.2. The van der Waals surface area contributed by atoms with Gasteiger partial charge >= 0.3 is 0 Å². The third-order valence-corrected chi connectivity index (χ3v) is 3.13. The van der Waals surface area contributed by atoms with E-state index in [1.54, 1.807) is 0 Å². The maximum absolute atomic E-state index is 13.1. The molecule has 0 aliphatic carbocycles. The summed E-state index contributed by atoms with van der Waals surface area (Å²) in [5.74, 6) is -1.64. The van der Waals surface area contributed by atoms with E-state index < -0.39 is 26.6 Å². The van der Waals surface area contributed by atoms with Crippen molar-refractivity contribution in [3.05, 3.63) is 42.0 Å². The van der Waals surface area contributed by atoms with E-state index in [1.807, 2.05) is 0 Å². The minimum atomic E-state index is -4.09. The van der Waals surface area contributed by atoms with Gasteiger partial charge in [0.15, 0.2) is 0 Å². The molecule has 1 aromatic heterocycles. The second kappa shape index (κ2) is 4.78. The van der Waals surface area contributed by atoms with Crippen LogP contribution >= 0.6 is 0 Å². The summed E-state index contributed by atoms with van der Waals surface area (Å²) >= 11 is 0. The number of hydrogen-bond acceptors (Lipinski definition) is 5. The normalized spacial score (nSPS) is 11.3. The van der Waals surface area contributed by atoms with Gasteiger partial charge in [-0.25, -0.2) is 17.9 Å². The Morgan fingerprint density at radius 3 is 2.68 bits per heavy atom. The molecule has 0 saturated carbocycles. The fourth-order valence-electron chi connectivity index (χ4n) is 1.36. The Bertz CT molecular complexity index is 712. The van der Waals surface area contributed by atoms with Crippen LogP contribution in [0.5, 0.6) is 0 Å². The van der Waals surface area contributed by atoms with E-state index in [2.05, 4.69) is 15.0 Å². The zero-order valence-electron chi connectivity index (χ0n) is 9.33. The molecule has 9 heteroatoms. The lowest BCUT2D eigenvalue weighted by Gasteiger charge is -2.08. The van der Waals surface area contributed by atoms with Crippen LogP contribution in [-0.2, 0) is 10.0 Å². The molecule has 2 aromatic rings. The van der Waals surface area contributed by atoms with Crippen molar-refractivity contribution in [1.29, 1.82) is 0 Å². The molecule has 0 fully saturated rings. The number of rotatable bonds is 3. The summed E-state index contributed by atoms with van der Waals surface area (Å²) in [5.41, 5.74) is -0.274. The molecule has 0 aliphatic heterocycles. The summed E-state index contributed by atoms with van der Waals surface area (Å²) in [7, 11) is -4.09. The molecule has 0 atom stereocenters. The Labute approximate surface area is 107 Å². The van der Waals surface area contributed by atoms with Crippen molar-refractivity contribution in [2.45, 2.75) is 4.90 Å². The van der Waals surface area contributed by atoms with Gasteiger partial charge in [0.2, 0.25) is 15.8 Å². The topological polar surface area (TPSA) is 115 Å². The number of carbonyl (C=O) groups is 1. The highest BCUT2D eigenvalue weighted by atomic mass is 32.2. The predicted molar refractivity (Wildman–Crippen MR) is 62.2 cm³/mol. The van der Waals surface area contributed by atoms with Crippen LogP contribution in [0.3, 0.4) is 0 Å². The molecule has 100 valence electrons. The van der Waals surface area contributed by atoms with Gasteiger partial charge in [0.25, 0.3) is 5.91 Å². The number of sulfonamides is 1. The second-order valence-corrected chi connectivity index (χ2v) is 5.05. The van der Waals surface area contributed by atoms with E-state index in [-0.39, 0.29) is 11.4 Å². The highest BCUT2D eigenvalue weighted by molar-refractivity contribution is 7.89. The van der Waals surface area contributed by atoms with Crippen molar-refractivity contribution in [3.63, 3.8) is 0 Å². The summed E-state index contributed by atoms with van der Waals surface area (Å²) in [4.78, 5) is 11.3. The maximum Gasteiger partial charge on any atom is 0.294 e. The molecule has 2 rings (SSSR count). The number of amides is 1. The fraction of sp³-hybridized carbons (Fsp3) is 0. The van der Waals surface area contributed by atoms with Crippen molar-refractivity contribution in [3.8, 4) is 0 Å². The summed E-state index contributed by atoms with van der Waals surface area (Å²) < 4.78 is 40.3. The lowest BCUT2D eigenvalue weighted by atomic mass is 10.3. The molecule has 0 spiro atoms. The Morgan fingerprint density at radius 1 is 1.37 bits per heavy atom. The summed E-state index contributed by atoms with van der Waals surface area (Å²) in [6.45, 7) is 0. The molecule has 19 heavy (non-hydrogen) atoms. The van der Waals surface area contributed by atoms with Gasteiger partial charge in [0, 0.05) is 6.07 Å². The van der Waals surface area contributed by atoms with Crippen LogP contribution in [0.25, 0.3) is 0 Å². The number of nitrogens with one attached hydrogen (secondary N) is 1. The van der Waals surface area contributed by atoms with E-state index in [0.29, 0.717) is 0 Å². The van der Waals surface area contributed by atoms with Gasteiger partial charge in [-0.3, -0.25) is 4.79 Å². The van der Waals surface area contributed by atoms with Crippen LogP contribution in [0.1, 0.15) is 10.6 Å².